The number of rotatable bonds is 7. The molecule has 154 valence electrons. The average Bonchev–Trinajstić information content (AvgIpc) is 2.93. The normalized spacial score (nSPS) is 14.6. The van der Waals surface area contributed by atoms with E-state index >= 15 is 0 Å². The molecule has 0 saturated carbocycles. The summed E-state index contributed by atoms with van der Waals surface area (Å²) in [5, 5.41) is 23.7. The van der Waals surface area contributed by atoms with E-state index in [-0.39, 0.29) is 5.69 Å². The van der Waals surface area contributed by atoms with Crippen molar-refractivity contribution >= 4 is 23.1 Å². The molecule has 0 amide bonds. The number of non-ortho nitro benzene ring substituents is 1. The Morgan fingerprint density at radius 3 is 2.87 bits per heavy atom. The molecule has 1 aromatic heterocycles. The molecule has 1 aliphatic rings. The first-order valence-corrected chi connectivity index (χ1v) is 10.8. The Labute approximate surface area is 178 Å². The third-order valence-corrected chi connectivity index (χ3v) is 5.62. The Kier molecular flexibility index (Phi) is 6.08. The molecule has 2 aromatic carbocycles. The topological polar surface area (TPSA) is 103 Å². The molecule has 0 aliphatic carbocycles. The molecule has 3 aromatic rings. The van der Waals surface area contributed by atoms with E-state index in [0.29, 0.717) is 22.3 Å². The molecule has 30 heavy (non-hydrogen) atoms. The van der Waals surface area contributed by atoms with Crippen molar-refractivity contribution in [3.63, 3.8) is 0 Å². The number of aromatic nitrogens is 3. The van der Waals surface area contributed by atoms with Gasteiger partial charge in [0.2, 0.25) is 11.0 Å². The molecular weight excluding hydrogens is 402 g/mol. The second-order valence-corrected chi connectivity index (χ2v) is 7.91. The van der Waals surface area contributed by atoms with E-state index in [1.165, 1.54) is 12.1 Å². The average molecular weight is 423 g/mol. The number of ether oxygens (including phenoxy) is 1. The summed E-state index contributed by atoms with van der Waals surface area (Å²) in [7, 11) is 0. The number of fused-ring (bicyclic) bond motifs is 3. The fourth-order valence-corrected chi connectivity index (χ4v) is 3.95. The fraction of sp³-hybridized carbons (Fsp3) is 0.286. The van der Waals surface area contributed by atoms with Crippen LogP contribution in [0, 0.1) is 10.1 Å². The van der Waals surface area contributed by atoms with E-state index < -0.39 is 11.2 Å². The van der Waals surface area contributed by atoms with Crippen molar-refractivity contribution in [2.24, 2.45) is 0 Å². The van der Waals surface area contributed by atoms with Crippen LogP contribution in [0.5, 0.6) is 5.88 Å². The molecule has 1 atom stereocenters. The van der Waals surface area contributed by atoms with Gasteiger partial charge >= 0.3 is 0 Å². The zero-order chi connectivity index (χ0) is 20.9. The summed E-state index contributed by atoms with van der Waals surface area (Å²) in [6.45, 7) is 2.16. The van der Waals surface area contributed by atoms with Crippen LogP contribution < -0.4 is 10.1 Å². The molecule has 0 spiro atoms. The van der Waals surface area contributed by atoms with Gasteiger partial charge in [0, 0.05) is 34.7 Å². The zero-order valence-corrected chi connectivity index (χ0v) is 17.3. The number of nitrogens with zero attached hydrogens (tertiary/aromatic N) is 4. The molecule has 1 N–H and O–H groups in total. The number of benzene rings is 2. The van der Waals surface area contributed by atoms with Gasteiger partial charge in [0.05, 0.1) is 4.92 Å². The molecule has 9 heteroatoms. The maximum absolute atomic E-state index is 11.2. The van der Waals surface area contributed by atoms with Crippen LogP contribution in [0.3, 0.4) is 0 Å². The Morgan fingerprint density at radius 2 is 2.03 bits per heavy atom. The lowest BCUT2D eigenvalue weighted by atomic mass is 10.1. The van der Waals surface area contributed by atoms with Crippen LogP contribution in [0.25, 0.3) is 11.3 Å². The highest BCUT2D eigenvalue weighted by atomic mass is 32.2. The summed E-state index contributed by atoms with van der Waals surface area (Å²) in [5.41, 5.74) is 2.80. The van der Waals surface area contributed by atoms with E-state index in [2.05, 4.69) is 27.4 Å². The number of hydrogen-bond donors (Lipinski definition) is 1. The van der Waals surface area contributed by atoms with Crippen LogP contribution >= 0.6 is 11.8 Å². The van der Waals surface area contributed by atoms with Gasteiger partial charge in [0.25, 0.3) is 5.69 Å². The third-order valence-electron chi connectivity index (χ3n) is 4.70. The predicted molar refractivity (Wildman–Crippen MR) is 116 cm³/mol. The van der Waals surface area contributed by atoms with Gasteiger partial charge in [-0.05, 0) is 12.5 Å². The van der Waals surface area contributed by atoms with Crippen LogP contribution in [0.1, 0.15) is 38.0 Å². The van der Waals surface area contributed by atoms with Gasteiger partial charge in [0.15, 0.2) is 11.9 Å². The smallest absolute Gasteiger partial charge is 0.269 e. The van der Waals surface area contributed by atoms with Gasteiger partial charge in [-0.3, -0.25) is 10.1 Å². The van der Waals surface area contributed by atoms with Crippen molar-refractivity contribution in [2.75, 3.05) is 11.1 Å². The Morgan fingerprint density at radius 1 is 1.17 bits per heavy atom. The SMILES string of the molecule is CCCCCSc1nnc2c(n1)O[C@H](c1cccc([N+](=O)[O-])c1)Nc1ccccc1-2. The minimum atomic E-state index is -0.651. The first-order chi connectivity index (χ1) is 14.7. The highest BCUT2D eigenvalue weighted by molar-refractivity contribution is 7.99. The van der Waals surface area contributed by atoms with E-state index in [4.69, 9.17) is 4.74 Å². The highest BCUT2D eigenvalue weighted by Gasteiger charge is 2.26. The van der Waals surface area contributed by atoms with Crippen molar-refractivity contribution < 1.29 is 9.66 Å². The molecule has 4 rings (SSSR count). The molecule has 0 radical (unpaired) electrons. The molecule has 8 nitrogen and oxygen atoms in total. The third kappa shape index (κ3) is 4.35. The number of anilines is 1. The van der Waals surface area contributed by atoms with Gasteiger partial charge < -0.3 is 10.1 Å². The van der Waals surface area contributed by atoms with Crippen molar-refractivity contribution in [1.29, 1.82) is 0 Å². The second-order valence-electron chi connectivity index (χ2n) is 6.84. The van der Waals surface area contributed by atoms with Crippen LogP contribution in [0.15, 0.2) is 53.7 Å². The second kappa shape index (κ2) is 9.08. The van der Waals surface area contributed by atoms with Crippen LogP contribution in [0.2, 0.25) is 0 Å². The standard InChI is InChI=1S/C21H21N5O3S/c1-2-3-6-12-30-21-23-20-18(24-25-21)16-10-4-5-11-17(16)22-19(29-20)14-8-7-9-15(13-14)26(27)28/h4-5,7-11,13,19,22H,2-3,6,12H2,1H3/t19-/m1/s1. The summed E-state index contributed by atoms with van der Waals surface area (Å²) in [6.07, 6.45) is 2.75. The molecule has 0 unspecified atom stereocenters. The Balaban J connectivity index is 1.70. The highest BCUT2D eigenvalue weighted by Crippen LogP contribution is 2.39. The summed E-state index contributed by atoms with van der Waals surface area (Å²) >= 11 is 1.55. The fourth-order valence-electron chi connectivity index (χ4n) is 3.18. The lowest BCUT2D eigenvalue weighted by Crippen LogP contribution is -2.17. The molecule has 2 heterocycles. The van der Waals surface area contributed by atoms with Crippen LogP contribution in [0.4, 0.5) is 11.4 Å². The van der Waals surface area contributed by atoms with Gasteiger partial charge in [-0.1, -0.05) is 61.9 Å². The molecule has 0 bridgehead atoms. The van der Waals surface area contributed by atoms with Gasteiger partial charge in [-0.2, -0.15) is 4.98 Å². The Bertz CT molecular complexity index is 1060. The number of thioether (sulfide) groups is 1. The number of unbranched alkanes of at least 4 members (excludes halogenated alkanes) is 2. The number of nitrogens with one attached hydrogen (secondary N) is 1. The maximum Gasteiger partial charge on any atom is 0.269 e. The van der Waals surface area contributed by atoms with E-state index in [0.717, 1.165) is 36.3 Å². The quantitative estimate of drug-likeness (QED) is 0.238. The van der Waals surface area contributed by atoms with Crippen molar-refractivity contribution in [2.45, 2.75) is 37.6 Å². The predicted octanol–water partition coefficient (Wildman–Crippen LogP) is 5.23. The summed E-state index contributed by atoms with van der Waals surface area (Å²) < 4.78 is 6.17. The van der Waals surface area contributed by atoms with Crippen LogP contribution in [-0.4, -0.2) is 25.9 Å². The maximum atomic E-state index is 11.2. The molecule has 1 aliphatic heterocycles. The number of nitro benzene ring substituents is 1. The first kappa shape index (κ1) is 20.1. The molecule has 0 fully saturated rings. The van der Waals surface area contributed by atoms with E-state index in [9.17, 15) is 10.1 Å². The largest absolute Gasteiger partial charge is 0.448 e. The first-order valence-electron chi connectivity index (χ1n) is 9.80. The van der Waals surface area contributed by atoms with Crippen molar-refractivity contribution in [3.8, 4) is 17.1 Å². The molecular formula is C21H21N5O3S. The van der Waals surface area contributed by atoms with E-state index in [1.54, 1.807) is 23.9 Å². The van der Waals surface area contributed by atoms with Gasteiger partial charge in [-0.15, -0.1) is 10.2 Å². The lowest BCUT2D eigenvalue weighted by Gasteiger charge is -2.19. The van der Waals surface area contributed by atoms with Gasteiger partial charge in [0.1, 0.15) is 0 Å². The zero-order valence-electron chi connectivity index (χ0n) is 16.4. The number of para-hydroxylation sites is 1. The Hall–Kier alpha value is -3.20. The van der Waals surface area contributed by atoms with E-state index in [1.807, 2.05) is 24.3 Å². The summed E-state index contributed by atoms with van der Waals surface area (Å²) in [4.78, 5) is 15.4. The monoisotopic (exact) mass is 423 g/mol. The summed E-state index contributed by atoms with van der Waals surface area (Å²) in [5.74, 6) is 1.27. The van der Waals surface area contributed by atoms with Crippen LogP contribution in [-0.2, 0) is 0 Å². The van der Waals surface area contributed by atoms with Gasteiger partial charge in [-0.25, -0.2) is 0 Å². The van der Waals surface area contributed by atoms with Crippen molar-refractivity contribution in [3.05, 3.63) is 64.2 Å². The summed E-state index contributed by atoms with van der Waals surface area (Å²) in [6, 6.07) is 14.0. The van der Waals surface area contributed by atoms with Crippen molar-refractivity contribution in [1.82, 2.24) is 15.2 Å². The molecule has 0 saturated heterocycles. The minimum Gasteiger partial charge on any atom is -0.448 e. The number of hydrogen-bond acceptors (Lipinski definition) is 8. The minimum absolute atomic E-state index is 0.00337. The lowest BCUT2D eigenvalue weighted by molar-refractivity contribution is -0.385. The number of nitro groups is 1.